The molecule has 158 valence electrons. The van der Waals surface area contributed by atoms with E-state index in [1.165, 1.54) is 10.8 Å². The van der Waals surface area contributed by atoms with E-state index in [0.29, 0.717) is 0 Å². The van der Waals surface area contributed by atoms with Gasteiger partial charge in [0.25, 0.3) is 0 Å². The molecule has 1 fully saturated rings. The van der Waals surface area contributed by atoms with Crippen LogP contribution < -0.4 is 13.6 Å². The van der Waals surface area contributed by atoms with Gasteiger partial charge in [0, 0.05) is 0 Å². The van der Waals surface area contributed by atoms with E-state index in [1.54, 1.807) is 22.8 Å². The van der Waals surface area contributed by atoms with Crippen molar-refractivity contribution in [1.29, 1.82) is 0 Å². The summed E-state index contributed by atoms with van der Waals surface area (Å²) in [7, 11) is 0. The van der Waals surface area contributed by atoms with Crippen molar-refractivity contribution in [3.63, 3.8) is 0 Å². The van der Waals surface area contributed by atoms with Crippen LogP contribution in [0.1, 0.15) is 17.5 Å². The molecule has 2 aliphatic rings. The second kappa shape index (κ2) is 6.96. The Morgan fingerprint density at radius 3 is 1.68 bits per heavy atom. The molecule has 0 saturated carbocycles. The molecule has 31 heavy (non-hydrogen) atoms. The molecule has 3 nitrogen and oxygen atoms in total. The predicted octanol–water partition coefficient (Wildman–Crippen LogP) is 8.46. The monoisotopic (exact) mass is 466 g/mol. The van der Waals surface area contributed by atoms with Crippen LogP contribution in [0.3, 0.4) is 0 Å². The molecule has 0 unspecified atom stereocenters. The Morgan fingerprint density at radius 1 is 0.677 bits per heavy atom. The fourth-order valence-corrected chi connectivity index (χ4v) is 14.8. The molecule has 1 saturated heterocycles. The Labute approximate surface area is 190 Å². The zero-order valence-electron chi connectivity index (χ0n) is 17.5. The van der Waals surface area contributed by atoms with Gasteiger partial charge in [-0.3, -0.25) is 0 Å². The summed E-state index contributed by atoms with van der Waals surface area (Å²) in [6, 6.07) is 23.1. The summed E-state index contributed by atoms with van der Waals surface area (Å²) in [6.45, 7) is 4.18. The fraction of sp³-hybridized carbons (Fsp3) is 0.200. The van der Waals surface area contributed by atoms with Crippen LogP contribution in [-0.2, 0) is 0 Å². The van der Waals surface area contributed by atoms with Crippen LogP contribution >= 0.6 is 28.5 Å². The number of benzene rings is 4. The molecule has 4 aromatic rings. The van der Waals surface area contributed by atoms with Crippen LogP contribution in [-0.4, -0.2) is 11.5 Å². The Balaban J connectivity index is 1.61. The predicted molar refractivity (Wildman–Crippen MR) is 136 cm³/mol. The number of fused-ring (bicyclic) bond motifs is 6. The number of aryl methyl sites for hydroxylation is 2. The van der Waals surface area contributed by atoms with Crippen molar-refractivity contribution in [3.8, 4) is 17.2 Å². The molecule has 1 spiro atoms. The van der Waals surface area contributed by atoms with Gasteiger partial charge in [0.15, 0.2) is 0 Å². The summed E-state index contributed by atoms with van der Waals surface area (Å²) >= 11 is 3.47. The average molecular weight is 467 g/mol. The van der Waals surface area contributed by atoms with Gasteiger partial charge < -0.3 is 0 Å². The van der Waals surface area contributed by atoms with E-state index < -0.39 is 5.69 Å². The van der Waals surface area contributed by atoms with Crippen molar-refractivity contribution in [2.24, 2.45) is 0 Å². The molecule has 4 aromatic carbocycles. The van der Waals surface area contributed by atoms with Gasteiger partial charge in [0.1, 0.15) is 0 Å². The van der Waals surface area contributed by atoms with Crippen molar-refractivity contribution in [1.82, 2.24) is 0 Å². The summed E-state index contributed by atoms with van der Waals surface area (Å²) < 4.78 is 20.9. The molecule has 0 N–H and O–H groups in total. The van der Waals surface area contributed by atoms with Gasteiger partial charge in [0.2, 0.25) is 0 Å². The van der Waals surface area contributed by atoms with Gasteiger partial charge in [-0.15, -0.1) is 0 Å². The first-order valence-electron chi connectivity index (χ1n) is 10.5. The van der Waals surface area contributed by atoms with Crippen molar-refractivity contribution >= 4 is 50.0 Å². The van der Waals surface area contributed by atoms with Gasteiger partial charge >= 0.3 is 190 Å². The van der Waals surface area contributed by atoms with Crippen LogP contribution in [0.25, 0.3) is 21.5 Å². The molecule has 0 atom stereocenters. The maximum atomic E-state index is 6.97. The normalized spacial score (nSPS) is 19.9. The summed E-state index contributed by atoms with van der Waals surface area (Å²) in [5.41, 5.74) is -1.38. The summed E-state index contributed by atoms with van der Waals surface area (Å²) in [4.78, 5) is 0. The zero-order valence-corrected chi connectivity index (χ0v) is 20.0. The van der Waals surface area contributed by atoms with Gasteiger partial charge in [-0.1, -0.05) is 0 Å². The zero-order chi connectivity index (χ0) is 21.1. The quantitative estimate of drug-likeness (QED) is 0.218. The molecule has 2 aliphatic heterocycles. The maximum absolute atomic E-state index is 6.97. The van der Waals surface area contributed by atoms with Gasteiger partial charge in [-0.2, -0.15) is 0 Å². The first kappa shape index (κ1) is 19.6. The first-order chi connectivity index (χ1) is 15.1. The minimum absolute atomic E-state index is 0.820. The second-order valence-corrected chi connectivity index (χ2v) is 17.4. The summed E-state index contributed by atoms with van der Waals surface area (Å²) in [6.07, 6.45) is 1.12. The molecule has 6 heteroatoms. The minimum atomic E-state index is -3.58. The van der Waals surface area contributed by atoms with Crippen molar-refractivity contribution in [2.45, 2.75) is 20.3 Å². The Bertz CT molecular complexity index is 1260. The van der Waals surface area contributed by atoms with Crippen molar-refractivity contribution in [2.75, 3.05) is 11.5 Å². The molecule has 0 bridgehead atoms. The standard InChI is InChI=1S/C25H23O3PS2/c1-17-9-7-10-18(2)23(17)26-29(30-15-8-16-31-29)27-24-21-13-5-3-11-19(21)20-12-4-6-14-22(20)25(24)28-29/h3-7,9-14H,8,15-16H2,1-2H3. The van der Waals surface area contributed by atoms with E-state index in [4.69, 9.17) is 13.6 Å². The molecule has 0 aliphatic carbocycles. The van der Waals surface area contributed by atoms with E-state index >= 15 is 0 Å². The molecule has 0 aromatic heterocycles. The Morgan fingerprint density at radius 2 is 1.16 bits per heavy atom. The van der Waals surface area contributed by atoms with Gasteiger partial charge in [-0.05, 0) is 0 Å². The molecular formula is C25H23O3PS2. The van der Waals surface area contributed by atoms with E-state index in [9.17, 15) is 0 Å². The molecular weight excluding hydrogens is 443 g/mol. The van der Waals surface area contributed by atoms with Crippen LogP contribution in [0, 0.1) is 13.8 Å². The second-order valence-electron chi connectivity index (χ2n) is 8.01. The number of rotatable bonds is 2. The van der Waals surface area contributed by atoms with E-state index in [1.807, 2.05) is 0 Å². The number of hydrogen-bond acceptors (Lipinski definition) is 5. The van der Waals surface area contributed by atoms with Crippen LogP contribution in [0.15, 0.2) is 66.7 Å². The molecule has 0 amide bonds. The third kappa shape index (κ3) is 2.94. The Hall–Kier alpha value is -2.07. The number of para-hydroxylation sites is 1. The fourth-order valence-electron chi connectivity index (χ4n) is 4.39. The SMILES string of the molecule is Cc1cccc(C)c1OP12(Oc3c(c4ccccc4c4ccccc34)O1)SCCCS2. The molecule has 2 heterocycles. The van der Waals surface area contributed by atoms with Crippen LogP contribution in [0.2, 0.25) is 0 Å². The molecule has 6 rings (SSSR count). The van der Waals surface area contributed by atoms with Crippen LogP contribution in [0.4, 0.5) is 0 Å². The summed E-state index contributed by atoms with van der Waals surface area (Å²) in [5.74, 6) is 4.43. The van der Waals surface area contributed by atoms with Crippen molar-refractivity contribution < 1.29 is 13.6 Å². The topological polar surface area (TPSA) is 27.7 Å². The van der Waals surface area contributed by atoms with Gasteiger partial charge in [0.05, 0.1) is 0 Å². The summed E-state index contributed by atoms with van der Waals surface area (Å²) in [5, 5.41) is 4.51. The van der Waals surface area contributed by atoms with Gasteiger partial charge in [-0.25, -0.2) is 0 Å². The number of hydrogen-bond donors (Lipinski definition) is 0. The third-order valence-corrected chi connectivity index (χ3v) is 16.0. The van der Waals surface area contributed by atoms with E-state index in [0.717, 1.165) is 57.1 Å². The third-order valence-electron chi connectivity index (χ3n) is 5.86. The average Bonchev–Trinajstić information content (AvgIpc) is 3.13. The Kier molecular flexibility index (Phi) is 4.40. The first-order valence-corrected chi connectivity index (χ1v) is 15.7. The van der Waals surface area contributed by atoms with Crippen molar-refractivity contribution in [3.05, 3.63) is 77.9 Å². The molecule has 0 radical (unpaired) electrons. The van der Waals surface area contributed by atoms with E-state index in [-0.39, 0.29) is 0 Å². The van der Waals surface area contributed by atoms with Crippen LogP contribution in [0.5, 0.6) is 17.2 Å². The van der Waals surface area contributed by atoms with E-state index in [2.05, 4.69) is 80.6 Å².